The maximum Gasteiger partial charge on any atom is 0.271 e. The third-order valence-electron chi connectivity index (χ3n) is 10.4. The number of amides is 1. The highest BCUT2D eigenvalue weighted by Gasteiger charge is 2.49. The lowest BCUT2D eigenvalue weighted by molar-refractivity contribution is -0.245. The molecule has 0 radical (unpaired) electrons. The molecular formula is C40H39N3O10. The molecule has 13 nitrogen and oxygen atoms in total. The summed E-state index contributed by atoms with van der Waals surface area (Å²) >= 11 is 0. The molecule has 1 fully saturated rings. The summed E-state index contributed by atoms with van der Waals surface area (Å²) in [5.41, 5.74) is 7.96. The summed E-state index contributed by atoms with van der Waals surface area (Å²) in [6.07, 6.45) is -4.60. The van der Waals surface area contributed by atoms with E-state index in [0.717, 1.165) is 11.1 Å². The molecule has 274 valence electrons. The molecule has 1 heterocycles. The highest BCUT2D eigenvalue weighted by molar-refractivity contribution is 6.31. The summed E-state index contributed by atoms with van der Waals surface area (Å²) in [5, 5.41) is 50.5. The number of nitrogens with one attached hydrogen (secondary N) is 1. The quantitative estimate of drug-likeness (QED) is 0.0806. The molecule has 7 N–H and O–H groups in total. The second-order valence-corrected chi connectivity index (χ2v) is 13.7. The second-order valence-electron chi connectivity index (χ2n) is 13.7. The molecule has 53 heavy (non-hydrogen) atoms. The number of hydrogen-bond acceptors (Lipinski definition) is 12. The van der Waals surface area contributed by atoms with Gasteiger partial charge in [-0.2, -0.15) is 5.10 Å². The minimum Gasteiger partial charge on any atom is -0.507 e. The number of carbonyl (C=O) groups excluding carboxylic acids is 3. The van der Waals surface area contributed by atoms with Crippen LogP contribution in [0.4, 0.5) is 0 Å². The van der Waals surface area contributed by atoms with Crippen LogP contribution in [0.1, 0.15) is 86.1 Å². The van der Waals surface area contributed by atoms with E-state index in [1.54, 1.807) is 19.1 Å². The molecule has 7 rings (SSSR count). The maximum absolute atomic E-state index is 14.0. The number of aliphatic hydroxyl groups is 2. The Morgan fingerprint density at radius 1 is 0.943 bits per heavy atom. The molecule has 13 heteroatoms. The number of rotatable bonds is 7. The molecule has 2 aliphatic carbocycles. The number of ketones is 2. The molecule has 1 aliphatic heterocycles. The Kier molecular flexibility index (Phi) is 9.39. The van der Waals surface area contributed by atoms with Crippen LogP contribution in [0.5, 0.6) is 17.2 Å². The predicted octanol–water partition coefficient (Wildman–Crippen LogP) is 3.91. The number of aromatic hydroxyl groups is 2. The van der Waals surface area contributed by atoms with Gasteiger partial charge in [0.25, 0.3) is 5.91 Å². The van der Waals surface area contributed by atoms with Crippen LogP contribution in [0.25, 0.3) is 11.1 Å². The number of carbonyl (C=O) groups is 3. The van der Waals surface area contributed by atoms with Gasteiger partial charge in [-0.05, 0) is 43.2 Å². The number of phenols is 2. The standard InChI is InChI=1S/C40H39N3O10/c1-19-34(44)26(41)16-29(52-19)53-28-18-40(50,20(2)42-43-39(49)23-14-12-22(13-15-23)21-8-5-4-6-9-21)17-25-31(28)38(48)33-32(36(25)46)35(45)24-10-7-11-27(51-3)30(24)37(33)47/h4-15,19,26,28-29,34,44,46,48,50H,16-18,41H2,1-3H3,(H,43,49)/b42-20+/t19-,26-,28-,29-,34+,40-/m0/s1. The van der Waals surface area contributed by atoms with Crippen molar-refractivity contribution in [1.82, 2.24) is 5.43 Å². The van der Waals surface area contributed by atoms with Gasteiger partial charge in [0.15, 0.2) is 12.1 Å². The van der Waals surface area contributed by atoms with Crippen molar-refractivity contribution in [3.63, 3.8) is 0 Å². The summed E-state index contributed by atoms with van der Waals surface area (Å²) in [6, 6.07) is 20.3. The Morgan fingerprint density at radius 3 is 2.30 bits per heavy atom. The van der Waals surface area contributed by atoms with Crippen LogP contribution in [-0.4, -0.2) is 80.9 Å². The van der Waals surface area contributed by atoms with Crippen molar-refractivity contribution >= 4 is 23.2 Å². The molecule has 0 saturated carbocycles. The minimum atomic E-state index is -1.91. The number of hydrazone groups is 1. The van der Waals surface area contributed by atoms with E-state index in [1.165, 1.54) is 32.2 Å². The molecule has 6 atom stereocenters. The van der Waals surface area contributed by atoms with Crippen LogP contribution in [-0.2, 0) is 15.9 Å². The van der Waals surface area contributed by atoms with Gasteiger partial charge in [0.05, 0.1) is 47.8 Å². The van der Waals surface area contributed by atoms with Gasteiger partial charge in [0.2, 0.25) is 5.78 Å². The van der Waals surface area contributed by atoms with Crippen LogP contribution in [0.15, 0.2) is 77.9 Å². The summed E-state index contributed by atoms with van der Waals surface area (Å²) < 4.78 is 17.6. The van der Waals surface area contributed by atoms with Crippen LogP contribution < -0.4 is 15.9 Å². The summed E-state index contributed by atoms with van der Waals surface area (Å²) in [4.78, 5) is 41.0. The molecule has 3 aliphatic rings. The van der Waals surface area contributed by atoms with E-state index >= 15 is 0 Å². The highest BCUT2D eigenvalue weighted by atomic mass is 16.7. The number of nitrogens with zero attached hydrogens (tertiary/aromatic N) is 1. The minimum absolute atomic E-state index is 0.0234. The van der Waals surface area contributed by atoms with Gasteiger partial charge >= 0.3 is 0 Å². The van der Waals surface area contributed by atoms with E-state index in [4.69, 9.17) is 19.9 Å². The third kappa shape index (κ3) is 6.26. The molecule has 4 aromatic carbocycles. The number of aliphatic hydroxyl groups excluding tert-OH is 1. The molecular weight excluding hydrogens is 682 g/mol. The van der Waals surface area contributed by atoms with Gasteiger partial charge in [-0.25, -0.2) is 5.43 Å². The fourth-order valence-corrected chi connectivity index (χ4v) is 7.41. The van der Waals surface area contributed by atoms with Gasteiger partial charge in [-0.15, -0.1) is 0 Å². The van der Waals surface area contributed by atoms with Gasteiger partial charge in [0, 0.05) is 47.6 Å². The zero-order valence-corrected chi connectivity index (χ0v) is 29.2. The fourth-order valence-electron chi connectivity index (χ4n) is 7.41. The van der Waals surface area contributed by atoms with Gasteiger partial charge in [-0.3, -0.25) is 14.4 Å². The molecule has 0 spiro atoms. The van der Waals surface area contributed by atoms with Crippen molar-refractivity contribution in [2.75, 3.05) is 7.11 Å². The lowest BCUT2D eigenvalue weighted by atomic mass is 9.71. The van der Waals surface area contributed by atoms with Crippen molar-refractivity contribution in [3.05, 3.63) is 112 Å². The zero-order chi connectivity index (χ0) is 37.8. The Labute approximate surface area is 304 Å². The Bertz CT molecular complexity index is 2140. The Hall–Kier alpha value is -5.44. The lowest BCUT2D eigenvalue weighted by Crippen LogP contribution is -2.52. The first-order chi connectivity index (χ1) is 25.3. The first-order valence-electron chi connectivity index (χ1n) is 17.2. The molecule has 1 saturated heterocycles. The molecule has 1 amide bonds. The summed E-state index contributed by atoms with van der Waals surface area (Å²) in [6.45, 7) is 3.10. The van der Waals surface area contributed by atoms with E-state index in [1.807, 2.05) is 42.5 Å². The first-order valence-corrected chi connectivity index (χ1v) is 17.2. The smallest absolute Gasteiger partial charge is 0.271 e. The van der Waals surface area contributed by atoms with Crippen molar-refractivity contribution in [1.29, 1.82) is 0 Å². The Balaban J connectivity index is 1.25. The molecule has 0 aromatic heterocycles. The van der Waals surface area contributed by atoms with Crippen molar-refractivity contribution in [2.45, 2.75) is 69.4 Å². The number of phenolic OH excluding ortho intramolecular Hbond substituents is 2. The number of ether oxygens (including phenoxy) is 3. The maximum atomic E-state index is 14.0. The largest absolute Gasteiger partial charge is 0.507 e. The third-order valence-corrected chi connectivity index (χ3v) is 10.4. The van der Waals surface area contributed by atoms with E-state index in [-0.39, 0.29) is 53.0 Å². The fraction of sp³-hybridized carbons (Fsp3) is 0.300. The van der Waals surface area contributed by atoms with Crippen molar-refractivity contribution in [3.8, 4) is 28.4 Å². The van der Waals surface area contributed by atoms with Crippen molar-refractivity contribution < 1.29 is 49.0 Å². The van der Waals surface area contributed by atoms with Crippen LogP contribution in [0.2, 0.25) is 0 Å². The number of benzene rings is 4. The van der Waals surface area contributed by atoms with E-state index in [0.29, 0.717) is 5.56 Å². The van der Waals surface area contributed by atoms with Crippen molar-refractivity contribution in [2.24, 2.45) is 10.8 Å². The van der Waals surface area contributed by atoms with Gasteiger partial charge in [0.1, 0.15) is 22.8 Å². The average molecular weight is 722 g/mol. The van der Waals surface area contributed by atoms with Crippen LogP contribution in [0, 0.1) is 0 Å². The average Bonchev–Trinajstić information content (AvgIpc) is 3.16. The monoisotopic (exact) mass is 721 g/mol. The van der Waals surface area contributed by atoms with E-state index in [2.05, 4.69) is 10.5 Å². The summed E-state index contributed by atoms with van der Waals surface area (Å²) in [7, 11) is 1.35. The Morgan fingerprint density at radius 2 is 1.62 bits per heavy atom. The molecule has 0 bridgehead atoms. The zero-order valence-electron chi connectivity index (χ0n) is 29.2. The normalized spacial score (nSPS) is 25.2. The number of nitrogens with two attached hydrogens (primary N) is 1. The van der Waals surface area contributed by atoms with E-state index < -0.39 is 76.3 Å². The first kappa shape index (κ1) is 35.9. The highest BCUT2D eigenvalue weighted by Crippen LogP contribution is 2.52. The summed E-state index contributed by atoms with van der Waals surface area (Å²) in [5.74, 6) is -3.12. The lowest BCUT2D eigenvalue weighted by Gasteiger charge is -2.42. The number of hydrogen-bond donors (Lipinski definition) is 6. The number of methoxy groups -OCH3 is 1. The van der Waals surface area contributed by atoms with E-state index in [9.17, 15) is 34.8 Å². The van der Waals surface area contributed by atoms with Gasteiger partial charge < -0.3 is 40.4 Å². The molecule has 4 aromatic rings. The second kappa shape index (κ2) is 13.8. The SMILES string of the molecule is COc1cccc2c1C(=O)c1c(O)c3c(c(O)c1C2=O)C[C@@](O)(/C(C)=N/NC(=O)c1ccc(-c2ccccc2)cc1)C[C@@H]3O[C@H]1C[C@H](N)[C@H](O)[C@H](C)O1. The van der Waals surface area contributed by atoms with Gasteiger partial charge in [-0.1, -0.05) is 54.6 Å². The van der Waals surface area contributed by atoms with Crippen LogP contribution in [0.3, 0.4) is 0 Å². The number of fused-ring (bicyclic) bond motifs is 3. The topological polar surface area (TPSA) is 210 Å². The van der Waals surface area contributed by atoms with Crippen LogP contribution >= 0.6 is 0 Å². The molecule has 0 unspecified atom stereocenters. The predicted molar refractivity (Wildman–Crippen MR) is 192 cm³/mol.